The second-order valence-corrected chi connectivity index (χ2v) is 8.28. The Morgan fingerprint density at radius 1 is 1.14 bits per heavy atom. The number of halogens is 1. The molecule has 1 amide bonds. The summed E-state index contributed by atoms with van der Waals surface area (Å²) in [5.74, 6) is -0.364. The zero-order valence-corrected chi connectivity index (χ0v) is 17.2. The summed E-state index contributed by atoms with van der Waals surface area (Å²) >= 11 is 0. The summed E-state index contributed by atoms with van der Waals surface area (Å²) in [6, 6.07) is 12.3. The number of nitrogens with one attached hydrogen (secondary N) is 1. The second-order valence-electron chi connectivity index (χ2n) is 6.90. The average molecular weight is 398 g/mol. The highest BCUT2D eigenvalue weighted by molar-refractivity contribution is 7.84. The van der Waals surface area contributed by atoms with Crippen molar-refractivity contribution in [2.45, 2.75) is 31.6 Å². The van der Waals surface area contributed by atoms with Crippen molar-refractivity contribution >= 4 is 33.9 Å². The molecule has 2 aromatic carbocycles. The molecule has 3 nitrogen and oxygen atoms in total. The van der Waals surface area contributed by atoms with E-state index in [1.807, 2.05) is 44.2 Å². The molecule has 146 valence electrons. The van der Waals surface area contributed by atoms with Crippen LogP contribution in [0.2, 0.25) is 0 Å². The van der Waals surface area contributed by atoms with E-state index in [1.54, 1.807) is 12.3 Å². The predicted octanol–water partition coefficient (Wildman–Crippen LogP) is 4.81. The number of hydrogen-bond acceptors (Lipinski definition) is 2. The third-order valence-electron chi connectivity index (χ3n) is 4.89. The number of allylic oxidation sites excluding steroid dienone is 2. The molecule has 0 saturated carbocycles. The number of benzene rings is 2. The Kier molecular flexibility index (Phi) is 6.25. The summed E-state index contributed by atoms with van der Waals surface area (Å²) in [5, 5.41) is 2.89. The fourth-order valence-corrected chi connectivity index (χ4v) is 3.91. The minimum absolute atomic E-state index is 0.0533. The Hall–Kier alpha value is -2.53. The van der Waals surface area contributed by atoms with Crippen LogP contribution in [0.3, 0.4) is 0 Å². The molecule has 3 rings (SSSR count). The fraction of sp³-hybridized carbons (Fsp3) is 0.261. The molecule has 0 aliphatic heterocycles. The first-order chi connectivity index (χ1) is 13.4. The molecule has 2 aromatic rings. The van der Waals surface area contributed by atoms with E-state index in [0.29, 0.717) is 6.54 Å². The van der Waals surface area contributed by atoms with E-state index in [2.05, 4.69) is 5.32 Å². The van der Waals surface area contributed by atoms with Gasteiger partial charge in [0, 0.05) is 28.5 Å². The number of carbonyl (C=O) groups is 1. The first kappa shape index (κ1) is 20.2. The van der Waals surface area contributed by atoms with Gasteiger partial charge in [-0.05, 0) is 77.1 Å². The highest BCUT2D eigenvalue weighted by Gasteiger charge is 2.25. The number of carbonyl (C=O) groups excluding carboxylic acids is 1. The highest BCUT2D eigenvalue weighted by atomic mass is 32.2. The third kappa shape index (κ3) is 4.30. The lowest BCUT2D eigenvalue weighted by molar-refractivity contribution is -0.120. The Labute approximate surface area is 167 Å². The number of fused-ring (bicyclic) bond motifs is 1. The van der Waals surface area contributed by atoms with Crippen LogP contribution in [0.15, 0.2) is 52.9 Å². The molecule has 1 aliphatic carbocycles. The van der Waals surface area contributed by atoms with Crippen LogP contribution in [0.25, 0.3) is 17.2 Å². The largest absolute Gasteiger partial charge is 0.356 e. The first-order valence-corrected chi connectivity index (χ1v) is 10.9. The minimum Gasteiger partial charge on any atom is -0.356 e. The van der Waals surface area contributed by atoms with Crippen molar-refractivity contribution < 1.29 is 13.4 Å². The predicted molar refractivity (Wildman–Crippen MR) is 114 cm³/mol. The topological polar surface area (TPSA) is 46.2 Å². The van der Waals surface area contributed by atoms with Gasteiger partial charge in [-0.25, -0.2) is 4.39 Å². The van der Waals surface area contributed by atoms with Crippen molar-refractivity contribution in [1.29, 1.82) is 0 Å². The molecule has 0 fully saturated rings. The van der Waals surface area contributed by atoms with Gasteiger partial charge in [-0.2, -0.15) is 0 Å². The summed E-state index contributed by atoms with van der Waals surface area (Å²) < 4.78 is 25.5. The van der Waals surface area contributed by atoms with Crippen molar-refractivity contribution in [3.05, 3.63) is 70.5 Å². The molecule has 1 aliphatic rings. The fourth-order valence-electron chi connectivity index (χ4n) is 3.39. The normalized spacial score (nSPS) is 15.6. The molecule has 5 heteroatoms. The number of amides is 1. The third-order valence-corrected chi connectivity index (χ3v) is 5.82. The molecular formula is C23H24FNO2S. The van der Waals surface area contributed by atoms with Gasteiger partial charge in [-0.1, -0.05) is 25.1 Å². The quantitative estimate of drug-likeness (QED) is 0.761. The summed E-state index contributed by atoms with van der Waals surface area (Å²) in [6.45, 7) is 4.61. The molecule has 1 atom stereocenters. The molecule has 28 heavy (non-hydrogen) atoms. The van der Waals surface area contributed by atoms with Crippen molar-refractivity contribution in [3.63, 3.8) is 0 Å². The summed E-state index contributed by atoms with van der Waals surface area (Å²) in [4.78, 5) is 13.1. The van der Waals surface area contributed by atoms with Gasteiger partial charge >= 0.3 is 0 Å². The van der Waals surface area contributed by atoms with Crippen LogP contribution in [0, 0.1) is 5.82 Å². The zero-order valence-electron chi connectivity index (χ0n) is 16.3. The van der Waals surface area contributed by atoms with Gasteiger partial charge < -0.3 is 5.32 Å². The molecule has 0 radical (unpaired) electrons. The van der Waals surface area contributed by atoms with Crippen LogP contribution in [0.4, 0.5) is 4.39 Å². The van der Waals surface area contributed by atoms with Gasteiger partial charge in [-0.3, -0.25) is 9.00 Å². The molecule has 0 spiro atoms. The maximum Gasteiger partial charge on any atom is 0.224 e. The maximum absolute atomic E-state index is 13.9. The molecule has 0 saturated heterocycles. The highest BCUT2D eigenvalue weighted by Crippen LogP contribution is 2.43. The van der Waals surface area contributed by atoms with Crippen LogP contribution in [0.1, 0.15) is 43.4 Å². The van der Waals surface area contributed by atoms with Gasteiger partial charge in [0.25, 0.3) is 0 Å². The molecule has 1 N–H and O–H groups in total. The smallest absolute Gasteiger partial charge is 0.224 e. The Morgan fingerprint density at radius 2 is 1.86 bits per heavy atom. The van der Waals surface area contributed by atoms with E-state index < -0.39 is 10.8 Å². The minimum atomic E-state index is -1.02. The van der Waals surface area contributed by atoms with Gasteiger partial charge in [0.05, 0.1) is 6.42 Å². The zero-order chi connectivity index (χ0) is 20.3. The summed E-state index contributed by atoms with van der Waals surface area (Å²) in [5.41, 5.74) is 5.51. The molecule has 0 heterocycles. The van der Waals surface area contributed by atoms with E-state index >= 15 is 0 Å². The first-order valence-electron chi connectivity index (χ1n) is 9.33. The van der Waals surface area contributed by atoms with E-state index in [1.165, 1.54) is 12.1 Å². The lowest BCUT2D eigenvalue weighted by Gasteiger charge is -2.07. The van der Waals surface area contributed by atoms with Crippen LogP contribution in [0.5, 0.6) is 0 Å². The Balaban J connectivity index is 2.01. The van der Waals surface area contributed by atoms with Crippen LogP contribution >= 0.6 is 0 Å². The second kappa shape index (κ2) is 8.65. The van der Waals surface area contributed by atoms with Crippen LogP contribution in [-0.4, -0.2) is 22.9 Å². The Bertz CT molecular complexity index is 990. The average Bonchev–Trinajstić information content (AvgIpc) is 2.92. The van der Waals surface area contributed by atoms with Crippen molar-refractivity contribution in [3.8, 4) is 0 Å². The number of hydrogen-bond donors (Lipinski definition) is 1. The lowest BCUT2D eigenvalue weighted by Crippen LogP contribution is -2.23. The van der Waals surface area contributed by atoms with Crippen LogP contribution in [-0.2, 0) is 15.6 Å². The van der Waals surface area contributed by atoms with Crippen molar-refractivity contribution in [1.82, 2.24) is 5.32 Å². The molecular weight excluding hydrogens is 373 g/mol. The summed E-state index contributed by atoms with van der Waals surface area (Å²) in [7, 11) is -1.02. The van der Waals surface area contributed by atoms with Gasteiger partial charge in [0.2, 0.25) is 5.91 Å². The van der Waals surface area contributed by atoms with Gasteiger partial charge in [0.1, 0.15) is 5.82 Å². The molecule has 0 bridgehead atoms. The SMILES string of the molecule is CCCNC(=O)CC1=C(C)/C(=C\c2ccc([S@](C)=O)cc2)c2ccc(F)cc21. The standard InChI is InChI=1S/C23H24FNO2S/c1-4-11-25-23(26)14-21-15(2)20(19-10-7-17(24)13-22(19)21)12-16-5-8-18(9-6-16)28(3)27/h5-10,12-13H,4,11,14H2,1-3H3,(H,25,26)/b20-12+/t28-/m0/s1. The molecule has 0 aromatic heterocycles. The Morgan fingerprint density at radius 3 is 2.50 bits per heavy atom. The van der Waals surface area contributed by atoms with E-state index in [0.717, 1.165) is 44.7 Å². The van der Waals surface area contributed by atoms with Crippen molar-refractivity contribution in [2.24, 2.45) is 0 Å². The number of rotatable bonds is 6. The van der Waals surface area contributed by atoms with E-state index in [4.69, 9.17) is 0 Å². The van der Waals surface area contributed by atoms with Gasteiger partial charge in [0.15, 0.2) is 0 Å². The van der Waals surface area contributed by atoms with Crippen molar-refractivity contribution in [2.75, 3.05) is 12.8 Å². The molecule has 0 unspecified atom stereocenters. The van der Waals surface area contributed by atoms with E-state index in [-0.39, 0.29) is 18.1 Å². The van der Waals surface area contributed by atoms with Crippen LogP contribution < -0.4 is 5.32 Å². The maximum atomic E-state index is 13.9. The lowest BCUT2D eigenvalue weighted by atomic mass is 10.0. The van der Waals surface area contributed by atoms with Gasteiger partial charge in [-0.15, -0.1) is 0 Å². The van der Waals surface area contributed by atoms with E-state index in [9.17, 15) is 13.4 Å². The monoisotopic (exact) mass is 397 g/mol. The summed E-state index contributed by atoms with van der Waals surface area (Å²) in [6.07, 6.45) is 4.79.